The summed E-state index contributed by atoms with van der Waals surface area (Å²) in [5, 5.41) is 1.29. The zero-order valence-electron chi connectivity index (χ0n) is 10.2. The number of carbonyl (C=O) groups excluding carboxylic acids is 1. The summed E-state index contributed by atoms with van der Waals surface area (Å²) in [5.41, 5.74) is 2.18. The van der Waals surface area contributed by atoms with E-state index in [0.717, 1.165) is 16.1 Å². The summed E-state index contributed by atoms with van der Waals surface area (Å²) in [6.45, 7) is 1.52. The van der Waals surface area contributed by atoms with E-state index in [1.807, 2.05) is 24.3 Å². The molecule has 19 heavy (non-hydrogen) atoms. The van der Waals surface area contributed by atoms with E-state index >= 15 is 0 Å². The topological polar surface area (TPSA) is 56.0 Å². The first-order chi connectivity index (χ1) is 9.22. The van der Waals surface area contributed by atoms with Gasteiger partial charge in [-0.2, -0.15) is 0 Å². The summed E-state index contributed by atoms with van der Waals surface area (Å²) in [6.07, 6.45) is 1.56. The molecule has 3 rings (SSSR count). The molecule has 0 radical (unpaired) electrons. The highest BCUT2D eigenvalue weighted by Crippen LogP contribution is 2.28. The number of hydrogen-bond donors (Lipinski definition) is 0. The Morgan fingerprint density at radius 2 is 2.05 bits per heavy atom. The van der Waals surface area contributed by atoms with E-state index < -0.39 is 0 Å². The van der Waals surface area contributed by atoms with Crippen molar-refractivity contribution in [1.29, 1.82) is 0 Å². The molecule has 0 atom stereocenters. The van der Waals surface area contributed by atoms with E-state index in [4.69, 9.17) is 4.42 Å². The Morgan fingerprint density at radius 1 is 1.21 bits per heavy atom. The second-order valence-corrected chi connectivity index (χ2v) is 4.96. The summed E-state index contributed by atoms with van der Waals surface area (Å²) < 4.78 is 5.59. The number of nitrogens with zero attached hydrogens (tertiary/aromatic N) is 2. The van der Waals surface area contributed by atoms with Crippen LogP contribution in [0.4, 0.5) is 0 Å². The second kappa shape index (κ2) is 4.85. The molecule has 2 heterocycles. The predicted molar refractivity (Wildman–Crippen MR) is 72.4 cm³/mol. The molecular weight excluding hydrogens is 260 g/mol. The van der Waals surface area contributed by atoms with E-state index in [9.17, 15) is 4.79 Å². The van der Waals surface area contributed by atoms with E-state index in [1.165, 1.54) is 18.7 Å². The van der Waals surface area contributed by atoms with Crippen LogP contribution in [-0.4, -0.2) is 15.8 Å². The van der Waals surface area contributed by atoms with Gasteiger partial charge in [-0.25, -0.2) is 9.97 Å². The third-order valence-electron chi connectivity index (χ3n) is 2.61. The average Bonchev–Trinajstić information content (AvgIpc) is 2.81. The van der Waals surface area contributed by atoms with Crippen LogP contribution in [0.5, 0.6) is 0 Å². The molecule has 4 nitrogen and oxygen atoms in total. The summed E-state index contributed by atoms with van der Waals surface area (Å²) in [7, 11) is 0. The van der Waals surface area contributed by atoms with Crippen LogP contribution in [0.15, 0.2) is 57.3 Å². The van der Waals surface area contributed by atoms with Crippen molar-refractivity contribution in [3.8, 4) is 0 Å². The Labute approximate surface area is 113 Å². The SMILES string of the molecule is CC(=O)c1ccc(Sc2nc3ccccc3o2)nc1. The smallest absolute Gasteiger partial charge is 0.263 e. The number of pyridine rings is 1. The molecule has 0 aliphatic heterocycles. The highest BCUT2D eigenvalue weighted by atomic mass is 32.2. The van der Waals surface area contributed by atoms with Crippen molar-refractivity contribution in [3.05, 3.63) is 48.2 Å². The Morgan fingerprint density at radius 3 is 2.74 bits per heavy atom. The van der Waals surface area contributed by atoms with E-state index in [1.54, 1.807) is 18.3 Å². The Balaban J connectivity index is 1.86. The van der Waals surface area contributed by atoms with Crippen LogP contribution >= 0.6 is 11.8 Å². The van der Waals surface area contributed by atoms with Crippen molar-refractivity contribution in [2.24, 2.45) is 0 Å². The summed E-state index contributed by atoms with van der Waals surface area (Å²) in [6, 6.07) is 11.1. The first kappa shape index (κ1) is 11.9. The molecular formula is C14H10N2O2S. The number of rotatable bonds is 3. The minimum Gasteiger partial charge on any atom is -0.431 e. The molecule has 0 aliphatic carbocycles. The highest BCUT2D eigenvalue weighted by molar-refractivity contribution is 7.99. The van der Waals surface area contributed by atoms with Crippen molar-refractivity contribution >= 4 is 28.6 Å². The van der Waals surface area contributed by atoms with Gasteiger partial charge >= 0.3 is 0 Å². The molecule has 0 unspecified atom stereocenters. The number of hydrogen-bond acceptors (Lipinski definition) is 5. The fourth-order valence-electron chi connectivity index (χ4n) is 1.63. The van der Waals surface area contributed by atoms with Gasteiger partial charge in [-0.3, -0.25) is 4.79 Å². The molecule has 3 aromatic rings. The van der Waals surface area contributed by atoms with Crippen LogP contribution in [0.3, 0.4) is 0 Å². The Kier molecular flexibility index (Phi) is 3.05. The van der Waals surface area contributed by atoms with Crippen molar-refractivity contribution in [2.75, 3.05) is 0 Å². The number of aromatic nitrogens is 2. The third-order valence-corrected chi connectivity index (χ3v) is 3.41. The maximum absolute atomic E-state index is 11.2. The van der Waals surface area contributed by atoms with Crippen LogP contribution in [0.2, 0.25) is 0 Å². The quantitative estimate of drug-likeness (QED) is 0.681. The monoisotopic (exact) mass is 270 g/mol. The molecule has 0 spiro atoms. The number of oxazole rings is 1. The first-order valence-corrected chi connectivity index (χ1v) is 6.54. The summed E-state index contributed by atoms with van der Waals surface area (Å²) in [4.78, 5) is 19.7. The summed E-state index contributed by atoms with van der Waals surface area (Å²) in [5.74, 6) is 0.00547. The maximum Gasteiger partial charge on any atom is 0.263 e. The van der Waals surface area contributed by atoms with Crippen molar-refractivity contribution in [3.63, 3.8) is 0 Å². The number of benzene rings is 1. The van der Waals surface area contributed by atoms with Crippen LogP contribution in [0.1, 0.15) is 17.3 Å². The van der Waals surface area contributed by atoms with Gasteiger partial charge in [-0.05, 0) is 43.0 Å². The standard InChI is InChI=1S/C14H10N2O2S/c1-9(17)10-6-7-13(15-8-10)19-14-16-11-4-2-3-5-12(11)18-14/h2-8H,1H3. The highest BCUT2D eigenvalue weighted by Gasteiger charge is 2.08. The fourth-order valence-corrected chi connectivity index (χ4v) is 2.33. The molecule has 0 saturated carbocycles. The molecule has 1 aromatic carbocycles. The van der Waals surface area contributed by atoms with Gasteiger partial charge in [-0.15, -0.1) is 0 Å². The second-order valence-electron chi connectivity index (χ2n) is 3.99. The number of Topliss-reactive ketones (excluding diaryl/α,β-unsaturated/α-hetero) is 1. The molecule has 0 amide bonds. The Hall–Kier alpha value is -2.14. The van der Waals surface area contributed by atoms with E-state index in [-0.39, 0.29) is 5.78 Å². The number of fused-ring (bicyclic) bond motifs is 1. The zero-order valence-corrected chi connectivity index (χ0v) is 11.0. The lowest BCUT2D eigenvalue weighted by atomic mass is 10.2. The first-order valence-electron chi connectivity index (χ1n) is 5.73. The van der Waals surface area contributed by atoms with Crippen LogP contribution in [0.25, 0.3) is 11.1 Å². The summed E-state index contributed by atoms with van der Waals surface area (Å²) >= 11 is 1.33. The lowest BCUT2D eigenvalue weighted by molar-refractivity contribution is 0.101. The van der Waals surface area contributed by atoms with Crippen LogP contribution in [0, 0.1) is 0 Å². The largest absolute Gasteiger partial charge is 0.431 e. The van der Waals surface area contributed by atoms with Gasteiger partial charge in [0.1, 0.15) is 10.5 Å². The van der Waals surface area contributed by atoms with Gasteiger partial charge in [0.15, 0.2) is 11.4 Å². The molecule has 0 bridgehead atoms. The third kappa shape index (κ3) is 2.51. The van der Waals surface area contributed by atoms with E-state index in [2.05, 4.69) is 9.97 Å². The van der Waals surface area contributed by atoms with Crippen molar-refractivity contribution in [1.82, 2.24) is 9.97 Å². The number of para-hydroxylation sites is 2. The minimum atomic E-state index is 0.00547. The van der Waals surface area contributed by atoms with Gasteiger partial charge in [0.05, 0.1) is 0 Å². The predicted octanol–water partition coefficient (Wildman–Crippen LogP) is 3.58. The lowest BCUT2D eigenvalue weighted by Gasteiger charge is -1.97. The van der Waals surface area contributed by atoms with Crippen molar-refractivity contribution in [2.45, 2.75) is 17.2 Å². The molecule has 94 valence electrons. The van der Waals surface area contributed by atoms with Crippen molar-refractivity contribution < 1.29 is 9.21 Å². The number of ketones is 1. The van der Waals surface area contributed by atoms with Crippen LogP contribution in [-0.2, 0) is 0 Å². The number of carbonyl (C=O) groups is 1. The molecule has 5 heteroatoms. The molecule has 2 aromatic heterocycles. The van der Waals surface area contributed by atoms with Gasteiger partial charge in [0.25, 0.3) is 5.22 Å². The van der Waals surface area contributed by atoms with E-state index in [0.29, 0.717) is 10.8 Å². The van der Waals surface area contributed by atoms with Gasteiger partial charge in [0.2, 0.25) is 0 Å². The molecule has 0 fully saturated rings. The molecule has 0 saturated heterocycles. The zero-order chi connectivity index (χ0) is 13.2. The Bertz CT molecular complexity index is 702. The fraction of sp³-hybridized carbons (Fsp3) is 0.0714. The van der Waals surface area contributed by atoms with Crippen LogP contribution < -0.4 is 0 Å². The normalized spacial score (nSPS) is 10.8. The maximum atomic E-state index is 11.2. The van der Waals surface area contributed by atoms with Gasteiger partial charge < -0.3 is 4.42 Å². The average molecular weight is 270 g/mol. The minimum absolute atomic E-state index is 0.00547. The van der Waals surface area contributed by atoms with Gasteiger partial charge in [0, 0.05) is 11.8 Å². The van der Waals surface area contributed by atoms with Gasteiger partial charge in [-0.1, -0.05) is 12.1 Å². The molecule has 0 aliphatic rings. The lowest BCUT2D eigenvalue weighted by Crippen LogP contribution is -1.92. The molecule has 0 N–H and O–H groups in total.